The number of methoxy groups -OCH3 is 1. The molecule has 3 N–H and O–H groups in total. The number of carboxylic acid groups (broad SMARTS) is 1. The lowest BCUT2D eigenvalue weighted by molar-refractivity contribution is -0.138. The van der Waals surface area contributed by atoms with Gasteiger partial charge in [-0.05, 0) is 24.6 Å². The zero-order valence-corrected chi connectivity index (χ0v) is 10.3. The number of aliphatic carboxylic acids is 1. The molecule has 0 aliphatic rings. The molecule has 2 rings (SSSR count). The molecule has 1 unspecified atom stereocenters. The largest absolute Gasteiger partial charge is 0.493 e. The molecule has 0 saturated carbocycles. The fourth-order valence-corrected chi connectivity index (χ4v) is 2.07. The number of furan rings is 1. The summed E-state index contributed by atoms with van der Waals surface area (Å²) >= 11 is 0. The maximum absolute atomic E-state index is 11.2. The second-order valence-corrected chi connectivity index (χ2v) is 4.08. The summed E-state index contributed by atoms with van der Waals surface area (Å²) in [5, 5.41) is 9.92. The van der Waals surface area contributed by atoms with Gasteiger partial charge in [-0.25, -0.2) is 0 Å². The number of carboxylic acids is 1. The number of nitrogens with two attached hydrogens (primary N) is 1. The van der Waals surface area contributed by atoms with E-state index in [2.05, 4.69) is 0 Å². The number of fused-ring (bicyclic) bond motifs is 1. The third-order valence-corrected chi connectivity index (χ3v) is 2.93. The third kappa shape index (κ3) is 1.93. The van der Waals surface area contributed by atoms with E-state index in [4.69, 9.17) is 14.9 Å². The number of hydrogen-bond donors (Lipinski definition) is 2. The Morgan fingerprint density at radius 2 is 2.28 bits per heavy atom. The Balaban J connectivity index is 2.69. The van der Waals surface area contributed by atoms with E-state index in [1.165, 1.54) is 0 Å². The summed E-state index contributed by atoms with van der Waals surface area (Å²) in [4.78, 5) is 11.2. The van der Waals surface area contributed by atoms with Crippen molar-refractivity contribution in [2.24, 2.45) is 5.73 Å². The lowest BCUT2D eigenvalue weighted by atomic mass is 9.95. The summed E-state index contributed by atoms with van der Waals surface area (Å²) in [7, 11) is 1.55. The predicted molar refractivity (Wildman–Crippen MR) is 66.9 cm³/mol. The number of aryl methyl sites for hydroxylation is 1. The van der Waals surface area contributed by atoms with Crippen molar-refractivity contribution in [2.45, 2.75) is 12.8 Å². The topological polar surface area (TPSA) is 85.7 Å². The fraction of sp³-hybridized carbons (Fsp3) is 0.308. The average molecular weight is 249 g/mol. The Morgan fingerprint density at radius 1 is 1.56 bits per heavy atom. The molecule has 0 radical (unpaired) electrons. The van der Waals surface area contributed by atoms with Crippen LogP contribution in [0, 0.1) is 6.92 Å². The third-order valence-electron chi connectivity index (χ3n) is 2.93. The van der Waals surface area contributed by atoms with Gasteiger partial charge in [0.15, 0.2) is 11.3 Å². The highest BCUT2D eigenvalue weighted by Crippen LogP contribution is 2.34. The first-order chi connectivity index (χ1) is 8.58. The van der Waals surface area contributed by atoms with Gasteiger partial charge in [0.1, 0.15) is 5.76 Å². The Labute approximate surface area is 104 Å². The van der Waals surface area contributed by atoms with Crippen LogP contribution >= 0.6 is 0 Å². The number of hydrogen-bond acceptors (Lipinski definition) is 4. The SMILES string of the molecule is COc1ccc(C(CN)C(=O)O)c2cc(C)oc12. The maximum Gasteiger partial charge on any atom is 0.312 e. The Bertz CT molecular complexity index is 588. The second-order valence-electron chi connectivity index (χ2n) is 4.08. The van der Waals surface area contributed by atoms with E-state index < -0.39 is 11.9 Å². The number of benzene rings is 1. The van der Waals surface area contributed by atoms with Gasteiger partial charge in [-0.1, -0.05) is 6.07 Å². The molecule has 1 aromatic carbocycles. The van der Waals surface area contributed by atoms with Crippen molar-refractivity contribution in [3.8, 4) is 5.75 Å². The van der Waals surface area contributed by atoms with Crippen molar-refractivity contribution in [1.82, 2.24) is 0 Å². The summed E-state index contributed by atoms with van der Waals surface area (Å²) < 4.78 is 10.7. The average Bonchev–Trinajstić information content (AvgIpc) is 2.71. The van der Waals surface area contributed by atoms with Crippen molar-refractivity contribution < 1.29 is 19.1 Å². The first kappa shape index (κ1) is 12.4. The second kappa shape index (κ2) is 4.70. The molecule has 1 heterocycles. The molecule has 1 aromatic heterocycles. The molecule has 0 aliphatic carbocycles. The molecule has 5 nitrogen and oxygen atoms in total. The highest BCUT2D eigenvalue weighted by molar-refractivity contribution is 5.91. The lowest BCUT2D eigenvalue weighted by Gasteiger charge is -2.12. The van der Waals surface area contributed by atoms with Crippen molar-refractivity contribution in [3.63, 3.8) is 0 Å². The van der Waals surface area contributed by atoms with Crippen LogP contribution in [0.1, 0.15) is 17.2 Å². The molecule has 0 saturated heterocycles. The Kier molecular flexibility index (Phi) is 3.25. The van der Waals surface area contributed by atoms with Gasteiger partial charge in [0.05, 0.1) is 13.0 Å². The monoisotopic (exact) mass is 249 g/mol. The maximum atomic E-state index is 11.2. The van der Waals surface area contributed by atoms with E-state index in [0.29, 0.717) is 22.7 Å². The van der Waals surface area contributed by atoms with Crippen LogP contribution in [0.5, 0.6) is 5.75 Å². The minimum atomic E-state index is -0.942. The van der Waals surface area contributed by atoms with Gasteiger partial charge in [-0.3, -0.25) is 4.79 Å². The van der Waals surface area contributed by atoms with E-state index in [-0.39, 0.29) is 6.54 Å². The van der Waals surface area contributed by atoms with Gasteiger partial charge >= 0.3 is 5.97 Å². The van der Waals surface area contributed by atoms with Gasteiger partial charge in [-0.2, -0.15) is 0 Å². The minimum Gasteiger partial charge on any atom is -0.493 e. The lowest BCUT2D eigenvalue weighted by Crippen LogP contribution is -2.21. The predicted octanol–water partition coefficient (Wildman–Crippen LogP) is 1.88. The summed E-state index contributed by atoms with van der Waals surface area (Å²) in [5.74, 6) is -0.391. The van der Waals surface area contributed by atoms with Crippen molar-refractivity contribution in [3.05, 3.63) is 29.5 Å². The van der Waals surface area contributed by atoms with E-state index >= 15 is 0 Å². The van der Waals surface area contributed by atoms with Gasteiger partial charge in [-0.15, -0.1) is 0 Å². The number of ether oxygens (including phenoxy) is 1. The van der Waals surface area contributed by atoms with Crippen LogP contribution in [0.25, 0.3) is 11.0 Å². The van der Waals surface area contributed by atoms with Crippen LogP contribution in [-0.4, -0.2) is 24.7 Å². The molecular weight excluding hydrogens is 234 g/mol. The molecule has 0 bridgehead atoms. The molecule has 0 fully saturated rings. The van der Waals surface area contributed by atoms with Gasteiger partial charge in [0.2, 0.25) is 0 Å². The van der Waals surface area contributed by atoms with Crippen LogP contribution in [0.15, 0.2) is 22.6 Å². The smallest absolute Gasteiger partial charge is 0.312 e. The van der Waals surface area contributed by atoms with Crippen molar-refractivity contribution in [2.75, 3.05) is 13.7 Å². The summed E-state index contributed by atoms with van der Waals surface area (Å²) in [6.45, 7) is 1.85. The summed E-state index contributed by atoms with van der Waals surface area (Å²) in [5.41, 5.74) is 6.74. The van der Waals surface area contributed by atoms with Crippen LogP contribution in [0.3, 0.4) is 0 Å². The van der Waals surface area contributed by atoms with E-state index in [0.717, 1.165) is 5.39 Å². The van der Waals surface area contributed by atoms with Crippen LogP contribution in [0.2, 0.25) is 0 Å². The van der Waals surface area contributed by atoms with Gasteiger partial charge in [0, 0.05) is 11.9 Å². The fourth-order valence-electron chi connectivity index (χ4n) is 2.07. The zero-order valence-electron chi connectivity index (χ0n) is 10.3. The molecule has 5 heteroatoms. The minimum absolute atomic E-state index is 0.0426. The molecule has 0 aliphatic heterocycles. The number of rotatable bonds is 4. The van der Waals surface area contributed by atoms with E-state index in [1.54, 1.807) is 32.2 Å². The van der Waals surface area contributed by atoms with E-state index in [9.17, 15) is 9.90 Å². The van der Waals surface area contributed by atoms with Gasteiger partial charge < -0.3 is 20.0 Å². The van der Waals surface area contributed by atoms with Crippen LogP contribution in [0.4, 0.5) is 0 Å². The summed E-state index contributed by atoms with van der Waals surface area (Å²) in [6, 6.07) is 5.23. The van der Waals surface area contributed by atoms with Crippen LogP contribution < -0.4 is 10.5 Å². The molecular formula is C13H15NO4. The first-order valence-corrected chi connectivity index (χ1v) is 5.58. The highest BCUT2D eigenvalue weighted by Gasteiger charge is 2.23. The molecule has 0 amide bonds. The molecule has 2 aromatic rings. The van der Waals surface area contributed by atoms with Crippen molar-refractivity contribution >= 4 is 16.9 Å². The normalized spacial score (nSPS) is 12.6. The number of carbonyl (C=O) groups is 1. The first-order valence-electron chi connectivity index (χ1n) is 5.58. The highest BCUT2D eigenvalue weighted by atomic mass is 16.5. The van der Waals surface area contributed by atoms with Crippen LogP contribution in [-0.2, 0) is 4.79 Å². The van der Waals surface area contributed by atoms with Gasteiger partial charge in [0.25, 0.3) is 0 Å². The Hall–Kier alpha value is -2.01. The molecule has 96 valence electrons. The zero-order chi connectivity index (χ0) is 13.3. The molecule has 18 heavy (non-hydrogen) atoms. The quantitative estimate of drug-likeness (QED) is 0.864. The standard InChI is InChI=1S/C13H15NO4/c1-7-5-9-8(10(6-14)13(15)16)3-4-11(17-2)12(9)18-7/h3-5,10H,6,14H2,1-2H3,(H,15,16). The summed E-state index contributed by atoms with van der Waals surface area (Å²) in [6.07, 6.45) is 0. The molecule has 1 atom stereocenters. The Morgan fingerprint density at radius 3 is 2.83 bits per heavy atom. The van der Waals surface area contributed by atoms with Crippen molar-refractivity contribution in [1.29, 1.82) is 0 Å². The molecule has 0 spiro atoms. The van der Waals surface area contributed by atoms with E-state index in [1.807, 2.05) is 0 Å².